The average molecular weight is 167 g/mol. The van der Waals surface area contributed by atoms with E-state index in [0.29, 0.717) is 11.8 Å². The number of hydrogen-bond donors (Lipinski definition) is 0. The molecule has 0 aromatic heterocycles. The van der Waals surface area contributed by atoms with Crippen LogP contribution in [0.25, 0.3) is 0 Å². The molecular formula is C11H21N. The fourth-order valence-electron chi connectivity index (χ4n) is 2.01. The summed E-state index contributed by atoms with van der Waals surface area (Å²) >= 11 is 0. The molecule has 0 heterocycles. The molecule has 1 fully saturated rings. The largest absolute Gasteiger partial charge is 0.198 e. The molecule has 1 saturated carbocycles. The molecule has 0 N–H and O–H groups in total. The molecule has 70 valence electrons. The molecule has 3 unspecified atom stereocenters. The molecule has 3 atom stereocenters. The summed E-state index contributed by atoms with van der Waals surface area (Å²) in [7, 11) is 0. The molecule has 0 saturated heterocycles. The van der Waals surface area contributed by atoms with Crippen molar-refractivity contribution < 1.29 is 0 Å². The minimum atomic E-state index is 0.361. The molecule has 0 aliphatic heterocycles. The second-order valence-corrected chi connectivity index (χ2v) is 3.48. The lowest BCUT2D eigenvalue weighted by molar-refractivity contribution is 0.448. The Hall–Kier alpha value is -0.510. The standard InChI is InChI=1S/C9H15N.C2H6/c1-3-8-4-7(2)5-9(8)6-10;1-2/h7-9H,3-5H2,1-2H3;1-2H3. The van der Waals surface area contributed by atoms with Gasteiger partial charge in [-0.25, -0.2) is 0 Å². The van der Waals surface area contributed by atoms with E-state index in [0.717, 1.165) is 12.3 Å². The Kier molecular flexibility index (Phi) is 5.80. The van der Waals surface area contributed by atoms with E-state index in [-0.39, 0.29) is 0 Å². The zero-order valence-electron chi connectivity index (χ0n) is 8.80. The minimum absolute atomic E-state index is 0.361. The van der Waals surface area contributed by atoms with Gasteiger partial charge in [-0.3, -0.25) is 0 Å². The summed E-state index contributed by atoms with van der Waals surface area (Å²) in [6, 6.07) is 2.40. The Morgan fingerprint density at radius 3 is 2.25 bits per heavy atom. The molecule has 0 radical (unpaired) electrons. The molecule has 0 bridgehead atoms. The summed E-state index contributed by atoms with van der Waals surface area (Å²) in [5.41, 5.74) is 0. The van der Waals surface area contributed by atoms with Crippen LogP contribution in [0.3, 0.4) is 0 Å². The number of nitrogens with zero attached hydrogens (tertiary/aromatic N) is 1. The van der Waals surface area contributed by atoms with Gasteiger partial charge >= 0.3 is 0 Å². The molecule has 1 aliphatic rings. The summed E-state index contributed by atoms with van der Waals surface area (Å²) in [6.07, 6.45) is 3.59. The molecule has 1 aliphatic carbocycles. The molecule has 0 aromatic rings. The smallest absolute Gasteiger partial charge is 0.0658 e. The van der Waals surface area contributed by atoms with Crippen LogP contribution >= 0.6 is 0 Å². The van der Waals surface area contributed by atoms with E-state index < -0.39 is 0 Å². The average Bonchev–Trinajstić information content (AvgIpc) is 2.49. The van der Waals surface area contributed by atoms with Crippen LogP contribution in [0.2, 0.25) is 0 Å². The molecule has 1 nitrogen and oxygen atoms in total. The van der Waals surface area contributed by atoms with E-state index >= 15 is 0 Å². The van der Waals surface area contributed by atoms with Gasteiger partial charge in [-0.05, 0) is 24.7 Å². The van der Waals surface area contributed by atoms with Crippen LogP contribution in [0.1, 0.15) is 47.0 Å². The summed E-state index contributed by atoms with van der Waals surface area (Å²) in [5.74, 6) is 1.84. The van der Waals surface area contributed by atoms with Gasteiger partial charge in [-0.1, -0.05) is 34.1 Å². The molecule has 0 aromatic carbocycles. The van der Waals surface area contributed by atoms with Crippen LogP contribution in [-0.2, 0) is 0 Å². The summed E-state index contributed by atoms with van der Waals surface area (Å²) in [6.45, 7) is 8.44. The first-order valence-electron chi connectivity index (χ1n) is 5.17. The maximum absolute atomic E-state index is 8.74. The first-order valence-corrected chi connectivity index (χ1v) is 5.17. The highest BCUT2D eigenvalue weighted by Crippen LogP contribution is 2.37. The quantitative estimate of drug-likeness (QED) is 0.585. The van der Waals surface area contributed by atoms with Crippen LogP contribution in [-0.4, -0.2) is 0 Å². The van der Waals surface area contributed by atoms with Gasteiger partial charge in [0.1, 0.15) is 0 Å². The maximum Gasteiger partial charge on any atom is 0.0658 e. The number of nitriles is 1. The zero-order valence-corrected chi connectivity index (χ0v) is 8.80. The molecule has 0 spiro atoms. The van der Waals surface area contributed by atoms with Crippen molar-refractivity contribution in [3.05, 3.63) is 0 Å². The van der Waals surface area contributed by atoms with Crippen molar-refractivity contribution in [3.8, 4) is 6.07 Å². The highest BCUT2D eigenvalue weighted by atomic mass is 14.4. The Labute approximate surface area is 76.8 Å². The predicted molar refractivity (Wildman–Crippen MR) is 52.6 cm³/mol. The monoisotopic (exact) mass is 167 g/mol. The van der Waals surface area contributed by atoms with Crippen molar-refractivity contribution in [2.75, 3.05) is 0 Å². The van der Waals surface area contributed by atoms with Crippen molar-refractivity contribution >= 4 is 0 Å². The lowest BCUT2D eigenvalue weighted by atomic mass is 9.95. The zero-order chi connectivity index (χ0) is 9.56. The summed E-state index contributed by atoms with van der Waals surface area (Å²) in [5, 5.41) is 8.74. The van der Waals surface area contributed by atoms with E-state index in [9.17, 15) is 0 Å². The van der Waals surface area contributed by atoms with Gasteiger partial charge in [0.25, 0.3) is 0 Å². The first-order chi connectivity index (χ1) is 5.77. The summed E-state index contributed by atoms with van der Waals surface area (Å²) < 4.78 is 0. The van der Waals surface area contributed by atoms with E-state index in [2.05, 4.69) is 19.9 Å². The fourth-order valence-corrected chi connectivity index (χ4v) is 2.01. The van der Waals surface area contributed by atoms with E-state index in [4.69, 9.17) is 5.26 Å². The Balaban J connectivity index is 0.000000561. The van der Waals surface area contributed by atoms with E-state index in [1.165, 1.54) is 12.8 Å². The Bertz CT molecular complexity index is 146. The van der Waals surface area contributed by atoms with Gasteiger partial charge < -0.3 is 0 Å². The fraction of sp³-hybridized carbons (Fsp3) is 0.909. The van der Waals surface area contributed by atoms with Crippen LogP contribution in [0.15, 0.2) is 0 Å². The van der Waals surface area contributed by atoms with Crippen molar-refractivity contribution in [1.29, 1.82) is 5.26 Å². The SMILES string of the molecule is CC.CCC1CC(C)CC1C#N. The highest BCUT2D eigenvalue weighted by molar-refractivity contribution is 4.93. The van der Waals surface area contributed by atoms with E-state index in [1.807, 2.05) is 13.8 Å². The van der Waals surface area contributed by atoms with Crippen LogP contribution in [0.4, 0.5) is 0 Å². The minimum Gasteiger partial charge on any atom is -0.198 e. The van der Waals surface area contributed by atoms with Crippen LogP contribution in [0.5, 0.6) is 0 Å². The predicted octanol–water partition coefficient (Wildman–Crippen LogP) is 3.61. The molecule has 0 amide bonds. The Morgan fingerprint density at radius 2 is 1.92 bits per heavy atom. The lowest BCUT2D eigenvalue weighted by Crippen LogP contribution is -2.02. The van der Waals surface area contributed by atoms with Gasteiger partial charge in [0.2, 0.25) is 0 Å². The highest BCUT2D eigenvalue weighted by Gasteiger charge is 2.30. The van der Waals surface area contributed by atoms with Crippen LogP contribution < -0.4 is 0 Å². The lowest BCUT2D eigenvalue weighted by Gasteiger charge is -2.07. The maximum atomic E-state index is 8.74. The first kappa shape index (κ1) is 11.5. The van der Waals surface area contributed by atoms with Gasteiger partial charge in [-0.2, -0.15) is 5.26 Å². The van der Waals surface area contributed by atoms with Crippen LogP contribution in [0, 0.1) is 29.1 Å². The normalized spacial score (nSPS) is 33.4. The van der Waals surface area contributed by atoms with Crippen molar-refractivity contribution in [3.63, 3.8) is 0 Å². The second-order valence-electron chi connectivity index (χ2n) is 3.48. The van der Waals surface area contributed by atoms with Gasteiger partial charge in [0.15, 0.2) is 0 Å². The van der Waals surface area contributed by atoms with Gasteiger partial charge in [0.05, 0.1) is 6.07 Å². The Morgan fingerprint density at radius 1 is 1.33 bits per heavy atom. The molecule has 12 heavy (non-hydrogen) atoms. The van der Waals surface area contributed by atoms with Crippen molar-refractivity contribution in [1.82, 2.24) is 0 Å². The molecule has 1 heteroatoms. The third-order valence-corrected chi connectivity index (χ3v) is 2.62. The second kappa shape index (κ2) is 6.06. The number of rotatable bonds is 1. The number of hydrogen-bond acceptors (Lipinski definition) is 1. The van der Waals surface area contributed by atoms with E-state index in [1.54, 1.807) is 0 Å². The van der Waals surface area contributed by atoms with Gasteiger partial charge in [-0.15, -0.1) is 0 Å². The van der Waals surface area contributed by atoms with Crippen molar-refractivity contribution in [2.45, 2.75) is 47.0 Å². The van der Waals surface area contributed by atoms with Gasteiger partial charge in [0, 0.05) is 5.92 Å². The van der Waals surface area contributed by atoms with Crippen molar-refractivity contribution in [2.24, 2.45) is 17.8 Å². The molecular weight excluding hydrogens is 146 g/mol. The molecule has 1 rings (SSSR count). The topological polar surface area (TPSA) is 23.8 Å². The summed E-state index contributed by atoms with van der Waals surface area (Å²) in [4.78, 5) is 0. The third-order valence-electron chi connectivity index (χ3n) is 2.62. The third kappa shape index (κ3) is 2.85.